The second-order valence-corrected chi connectivity index (χ2v) is 17.1. The van der Waals surface area contributed by atoms with Gasteiger partial charge in [-0.15, -0.1) is 0 Å². The molecule has 6 N–H and O–H groups in total. The van der Waals surface area contributed by atoms with Gasteiger partial charge in [0.2, 0.25) is 5.82 Å². The van der Waals surface area contributed by atoms with Gasteiger partial charge >= 0.3 is 0 Å². The number of benzene rings is 3. The topological polar surface area (TPSA) is 265 Å². The van der Waals surface area contributed by atoms with Crippen molar-refractivity contribution in [3.05, 3.63) is 179 Å². The van der Waals surface area contributed by atoms with Crippen molar-refractivity contribution in [2.24, 2.45) is 10.8 Å². The van der Waals surface area contributed by atoms with Gasteiger partial charge in [-0.2, -0.15) is 30.8 Å². The Morgan fingerprint density at radius 1 is 0.681 bits per heavy atom. The predicted molar refractivity (Wildman–Crippen MR) is 260 cm³/mol. The number of aliphatic hydroxyl groups is 2. The van der Waals surface area contributed by atoms with Gasteiger partial charge in [0.1, 0.15) is 46.1 Å². The van der Waals surface area contributed by atoms with Gasteiger partial charge in [0.15, 0.2) is 34.3 Å². The number of H-pyrrole nitrogens is 1. The first-order chi connectivity index (χ1) is 34.5. The molecule has 10 aromatic rings. The molecule has 0 fully saturated rings. The zero-order valence-electron chi connectivity index (χ0n) is 39.1. The Labute approximate surface area is 408 Å². The van der Waals surface area contributed by atoms with Crippen molar-refractivity contribution >= 4 is 44.8 Å². The van der Waals surface area contributed by atoms with Crippen LogP contribution in [0.2, 0.25) is 0 Å². The molecule has 0 saturated carbocycles. The number of nitriles is 1. The summed E-state index contributed by atoms with van der Waals surface area (Å²) in [7, 11) is 0. The van der Waals surface area contributed by atoms with Gasteiger partial charge in [0.25, 0.3) is 5.91 Å². The second kappa shape index (κ2) is 20.8. The molecule has 0 saturated heterocycles. The van der Waals surface area contributed by atoms with Crippen LogP contribution in [-0.2, 0) is 30.0 Å². The highest BCUT2D eigenvalue weighted by Gasteiger charge is 2.26. The smallest absolute Gasteiger partial charge is 0.271 e. The molecule has 0 aliphatic heterocycles. The fourth-order valence-corrected chi connectivity index (χ4v) is 7.10. The van der Waals surface area contributed by atoms with Crippen LogP contribution in [0.15, 0.2) is 133 Å². The third-order valence-corrected chi connectivity index (χ3v) is 10.8. The summed E-state index contributed by atoms with van der Waals surface area (Å²) in [5, 5.41) is 54.6. The summed E-state index contributed by atoms with van der Waals surface area (Å²) in [4.78, 5) is 28.9. The van der Waals surface area contributed by atoms with Crippen LogP contribution < -0.4 is 11.2 Å². The molecule has 0 atom stereocenters. The number of amidine groups is 1. The number of aromatic nitrogens is 12. The molecular weight excluding hydrogens is 930 g/mol. The number of hydrogen-bond donors (Lipinski definition) is 5. The highest BCUT2D eigenvalue weighted by atomic mass is 19.1. The number of fused-ring (bicyclic) bond motifs is 3. The van der Waals surface area contributed by atoms with E-state index in [0.717, 1.165) is 5.39 Å². The van der Waals surface area contributed by atoms with E-state index in [1.807, 2.05) is 12.1 Å². The fraction of sp³-hybridized carbons (Fsp3) is 0.180. The van der Waals surface area contributed by atoms with Crippen LogP contribution >= 0.6 is 0 Å². The second-order valence-electron chi connectivity index (χ2n) is 17.1. The lowest BCUT2D eigenvalue weighted by molar-refractivity contribution is -0.136. The van der Waals surface area contributed by atoms with Crippen LogP contribution in [0, 0.1) is 28.8 Å². The maximum Gasteiger partial charge on any atom is 0.271 e. The largest absolute Gasteiger partial charge is 0.382 e. The Bertz CT molecular complexity index is 3640. The Morgan fingerprint density at radius 3 is 1.62 bits per heavy atom. The number of amides is 1. The van der Waals surface area contributed by atoms with Crippen LogP contribution in [0.4, 0.5) is 13.2 Å². The van der Waals surface area contributed by atoms with Gasteiger partial charge in [-0.05, 0) is 82.3 Å². The van der Waals surface area contributed by atoms with E-state index in [4.69, 9.17) is 11.0 Å². The van der Waals surface area contributed by atoms with Crippen LogP contribution in [0.1, 0.15) is 61.6 Å². The molecule has 7 aromatic heterocycles. The van der Waals surface area contributed by atoms with E-state index in [2.05, 4.69) is 56.0 Å². The summed E-state index contributed by atoms with van der Waals surface area (Å²) in [5.41, 5.74) is 9.73. The van der Waals surface area contributed by atoms with Crippen molar-refractivity contribution in [1.29, 1.82) is 5.26 Å². The van der Waals surface area contributed by atoms with Gasteiger partial charge in [0, 0.05) is 35.3 Å². The number of carbonyl (C=O) groups excluding carboxylic acids is 1. The summed E-state index contributed by atoms with van der Waals surface area (Å²) >= 11 is 0. The number of carbonyl (C=O) groups is 1. The van der Waals surface area contributed by atoms with Crippen LogP contribution in [-0.4, -0.2) is 87.0 Å². The summed E-state index contributed by atoms with van der Waals surface area (Å²) in [6, 6.07) is 32.1. The van der Waals surface area contributed by atoms with E-state index in [1.165, 1.54) is 36.7 Å². The van der Waals surface area contributed by atoms with Crippen LogP contribution in [0.3, 0.4) is 0 Å². The highest BCUT2D eigenvalue weighted by Crippen LogP contribution is 2.27. The summed E-state index contributed by atoms with van der Waals surface area (Å²) in [6.07, 6.45) is 4.88. The van der Waals surface area contributed by atoms with Crippen molar-refractivity contribution in [2.45, 2.75) is 58.5 Å². The van der Waals surface area contributed by atoms with Gasteiger partial charge < -0.3 is 15.9 Å². The maximum absolute atomic E-state index is 14.0. The minimum atomic E-state index is -1.60. The Kier molecular flexibility index (Phi) is 14.2. The Morgan fingerprint density at radius 2 is 1.14 bits per heavy atom. The maximum atomic E-state index is 14.0. The number of nitrogens with two attached hydrogens (primary N) is 1. The zero-order chi connectivity index (χ0) is 51.2. The number of rotatable bonds is 11. The van der Waals surface area contributed by atoms with Crippen LogP contribution in [0.25, 0.3) is 44.6 Å². The number of hydrogen-bond acceptors (Lipinski definition) is 13. The van der Waals surface area contributed by atoms with E-state index < -0.39 is 17.1 Å². The van der Waals surface area contributed by atoms with Gasteiger partial charge in [-0.1, -0.05) is 54.6 Å². The minimum Gasteiger partial charge on any atom is -0.382 e. The molecule has 364 valence electrons. The first-order valence-corrected chi connectivity index (χ1v) is 22.1. The summed E-state index contributed by atoms with van der Waals surface area (Å²) in [6.45, 7) is 6.54. The average Bonchev–Trinajstić information content (AvgIpc) is 4.17. The third kappa shape index (κ3) is 11.0. The first kappa shape index (κ1) is 49.2. The normalized spacial score (nSPS) is 11.8. The number of halogens is 3. The highest BCUT2D eigenvalue weighted by molar-refractivity contribution is 6.06. The van der Waals surface area contributed by atoms with Gasteiger partial charge in [0.05, 0.1) is 35.8 Å². The van der Waals surface area contributed by atoms with Crippen molar-refractivity contribution < 1.29 is 28.2 Å². The third-order valence-electron chi connectivity index (χ3n) is 10.8. The molecule has 3 aromatic carbocycles. The van der Waals surface area contributed by atoms with Crippen molar-refractivity contribution in [2.75, 3.05) is 0 Å². The van der Waals surface area contributed by atoms with Gasteiger partial charge in [-0.25, -0.2) is 52.6 Å². The van der Waals surface area contributed by atoms with E-state index >= 15 is 0 Å². The van der Waals surface area contributed by atoms with Crippen LogP contribution in [0.5, 0.6) is 0 Å². The lowest BCUT2D eigenvalue weighted by atomic mass is 10.1. The molecule has 0 bridgehead atoms. The minimum absolute atomic E-state index is 0.0575. The molecule has 0 unspecified atom stereocenters. The SMILES string of the molecule is CC(C)(O)C(=O)N/N=C(\N)c1nn(Cc2ccccc2F)c2ncccc12.CC(C)(O)c1nc(-c2nn(Cc3ccccc3F)c3ncccc23)n[nH]1.N#Cc1nn(Cc2ccccc2F)c2ncccc12. The molecule has 0 aliphatic carbocycles. The monoisotopic (exact) mass is 974 g/mol. The van der Waals surface area contributed by atoms with Gasteiger partial charge in [-0.3, -0.25) is 9.89 Å². The van der Waals surface area contributed by atoms with E-state index in [9.17, 15) is 28.2 Å². The van der Waals surface area contributed by atoms with E-state index in [-0.39, 0.29) is 42.9 Å². The summed E-state index contributed by atoms with van der Waals surface area (Å²) in [5.74, 6) is -1.01. The molecule has 7 heterocycles. The number of nitrogens with zero attached hydrogens (tertiary/aromatic N) is 13. The molecule has 0 aliphatic rings. The molecular formula is C50H45F3N16O3. The zero-order valence-corrected chi connectivity index (χ0v) is 39.1. The molecule has 1 amide bonds. The van der Waals surface area contributed by atoms with E-state index in [1.54, 1.807) is 127 Å². The Hall–Kier alpha value is -9.20. The lowest BCUT2D eigenvalue weighted by Gasteiger charge is -2.13. The Balaban J connectivity index is 0.000000147. The van der Waals surface area contributed by atoms with Crippen molar-refractivity contribution in [3.8, 4) is 17.6 Å². The molecule has 19 nitrogen and oxygen atoms in total. The fourth-order valence-electron chi connectivity index (χ4n) is 7.10. The number of nitrogens with one attached hydrogen (secondary N) is 2. The molecule has 72 heavy (non-hydrogen) atoms. The molecule has 0 radical (unpaired) electrons. The number of pyridine rings is 3. The molecule has 10 rings (SSSR count). The number of aromatic amines is 1. The molecule has 22 heteroatoms. The summed E-state index contributed by atoms with van der Waals surface area (Å²) < 4.78 is 46.3. The quantitative estimate of drug-likeness (QED) is 0.0546. The number of hydrazone groups is 1. The average molecular weight is 975 g/mol. The standard InChI is InChI=1S/C18H19FN6O2.C18H17FN6O.C14H9FN4/c1-18(2,27)17(26)23-22-15(20)14-12-7-5-9-21-16(12)25(24-14)10-11-6-3-4-8-13(11)19;1-18(2,26)17-21-15(22-23-17)14-12-7-5-9-20-16(12)25(24-14)10-11-6-3-4-8-13(11)19;15-12-6-2-1-4-10(12)9-19-14-11(5-3-7-17-14)13(8-16)18-19/h3-9,27H,10H2,1-2H3,(H2,20,22)(H,23,26);3-9,26H,10H2,1-2H3,(H,21,22,23);1-7H,9H2. The van der Waals surface area contributed by atoms with Crippen molar-refractivity contribution in [1.82, 2.24) is 64.9 Å². The van der Waals surface area contributed by atoms with Crippen molar-refractivity contribution in [3.63, 3.8) is 0 Å². The van der Waals surface area contributed by atoms with E-state index in [0.29, 0.717) is 73.1 Å². The predicted octanol–water partition coefficient (Wildman–Crippen LogP) is 6.25. The first-order valence-electron chi connectivity index (χ1n) is 22.1. The lowest BCUT2D eigenvalue weighted by Crippen LogP contribution is -2.40. The molecule has 0 spiro atoms.